The van der Waals surface area contributed by atoms with Gasteiger partial charge in [-0.05, 0) is 48.4 Å². The smallest absolute Gasteiger partial charge is 0.433 e. The van der Waals surface area contributed by atoms with Crippen molar-refractivity contribution in [1.82, 2.24) is 9.78 Å². The first-order valence-electron chi connectivity index (χ1n) is 8.50. The molecule has 1 atom stereocenters. The van der Waals surface area contributed by atoms with Crippen LogP contribution in [0.25, 0.3) is 5.69 Å². The van der Waals surface area contributed by atoms with Crippen LogP contribution < -0.4 is 4.74 Å². The lowest BCUT2D eigenvalue weighted by Gasteiger charge is -2.15. The first kappa shape index (κ1) is 22.9. The molecule has 3 aromatic rings. The first-order chi connectivity index (χ1) is 14.3. The molecule has 3 rings (SSSR count). The Balaban J connectivity index is 1.84. The number of rotatable bonds is 5. The van der Waals surface area contributed by atoms with Crippen molar-refractivity contribution in [3.63, 3.8) is 0 Å². The quantitative estimate of drug-likeness (QED) is 0.353. The molecule has 0 bridgehead atoms. The lowest BCUT2D eigenvalue weighted by molar-refractivity contribution is -0.137. The number of ether oxygens (including phenoxy) is 1. The molecule has 1 heterocycles. The summed E-state index contributed by atoms with van der Waals surface area (Å²) in [6.45, 7) is 1.33. The standard InChI is InChI=1S/C19H13F7N2O2S/c1-11-8-14(20)15(9-16(11)31(29)10-18(21,22)23)28-7-6-17(27-28)30-13-4-2-12(3-5-13)19(24,25)26/h2-9H,10H2,1H3. The zero-order chi connectivity index (χ0) is 23.0. The van der Waals surface area contributed by atoms with Gasteiger partial charge in [0.05, 0.1) is 5.56 Å². The zero-order valence-electron chi connectivity index (χ0n) is 15.6. The lowest BCUT2D eigenvalue weighted by Crippen LogP contribution is -2.23. The van der Waals surface area contributed by atoms with E-state index in [4.69, 9.17) is 4.74 Å². The average Bonchev–Trinajstić information content (AvgIpc) is 3.08. The Labute approximate surface area is 174 Å². The summed E-state index contributed by atoms with van der Waals surface area (Å²) in [5, 5.41) is 3.92. The molecule has 166 valence electrons. The van der Waals surface area contributed by atoms with Crippen molar-refractivity contribution in [2.75, 3.05) is 5.75 Å². The summed E-state index contributed by atoms with van der Waals surface area (Å²) in [6, 6.07) is 7.00. The summed E-state index contributed by atoms with van der Waals surface area (Å²) >= 11 is -2.45. The van der Waals surface area contributed by atoms with Crippen LogP contribution in [0.15, 0.2) is 53.6 Å². The van der Waals surface area contributed by atoms with Crippen LogP contribution in [0, 0.1) is 12.7 Å². The van der Waals surface area contributed by atoms with Crippen LogP contribution in [0.5, 0.6) is 11.6 Å². The minimum atomic E-state index is -4.67. The molecular weight excluding hydrogens is 453 g/mol. The molecule has 0 radical (unpaired) electrons. The second kappa shape index (κ2) is 8.42. The molecule has 0 saturated heterocycles. The normalized spacial score (nSPS) is 13.3. The third kappa shape index (κ3) is 5.70. The summed E-state index contributed by atoms with van der Waals surface area (Å²) in [7, 11) is 0. The van der Waals surface area contributed by atoms with E-state index in [1.165, 1.54) is 19.2 Å². The third-order valence-electron chi connectivity index (χ3n) is 4.00. The van der Waals surface area contributed by atoms with Gasteiger partial charge < -0.3 is 9.29 Å². The molecule has 1 aromatic heterocycles. The Morgan fingerprint density at radius 3 is 2.26 bits per heavy atom. The van der Waals surface area contributed by atoms with Crippen LogP contribution in [0.3, 0.4) is 0 Å². The van der Waals surface area contributed by atoms with E-state index in [1.54, 1.807) is 0 Å². The molecule has 1 unspecified atom stereocenters. The Hall–Kier alpha value is -2.73. The van der Waals surface area contributed by atoms with E-state index in [1.807, 2.05) is 0 Å². The Morgan fingerprint density at radius 2 is 1.68 bits per heavy atom. The molecule has 31 heavy (non-hydrogen) atoms. The number of benzene rings is 2. The van der Waals surface area contributed by atoms with Crippen LogP contribution in [0.1, 0.15) is 11.1 Å². The topological polar surface area (TPSA) is 50.1 Å². The molecule has 0 aliphatic rings. The SMILES string of the molecule is Cc1cc(F)c(-n2ccc(Oc3ccc(C(F)(F)F)cc3)n2)cc1[S+]([O-])CC(F)(F)F. The highest BCUT2D eigenvalue weighted by Crippen LogP contribution is 2.32. The fourth-order valence-corrected chi connectivity index (χ4v) is 3.73. The van der Waals surface area contributed by atoms with E-state index in [9.17, 15) is 35.3 Å². The molecule has 0 amide bonds. The number of aromatic nitrogens is 2. The lowest BCUT2D eigenvalue weighted by atomic mass is 10.2. The van der Waals surface area contributed by atoms with Gasteiger partial charge in [0.2, 0.25) is 11.6 Å². The van der Waals surface area contributed by atoms with Crippen LogP contribution in [-0.2, 0) is 17.4 Å². The van der Waals surface area contributed by atoms with Gasteiger partial charge in [0.1, 0.15) is 17.3 Å². The van der Waals surface area contributed by atoms with E-state index in [0.717, 1.165) is 41.1 Å². The summed E-state index contributed by atoms with van der Waals surface area (Å²) in [4.78, 5) is -0.200. The van der Waals surface area contributed by atoms with E-state index < -0.39 is 40.7 Å². The van der Waals surface area contributed by atoms with Gasteiger partial charge in [-0.2, -0.15) is 26.3 Å². The number of hydrogen-bond acceptors (Lipinski definition) is 3. The van der Waals surface area contributed by atoms with Gasteiger partial charge in [0, 0.05) is 23.9 Å². The largest absolute Gasteiger partial charge is 0.611 e. The maximum absolute atomic E-state index is 14.4. The number of halogens is 7. The van der Waals surface area contributed by atoms with E-state index >= 15 is 0 Å². The summed E-state index contributed by atoms with van der Waals surface area (Å²) in [6.07, 6.45) is -7.93. The number of aryl methyl sites for hydroxylation is 1. The van der Waals surface area contributed by atoms with Gasteiger partial charge in [-0.1, -0.05) is 0 Å². The van der Waals surface area contributed by atoms with Gasteiger partial charge in [-0.25, -0.2) is 9.07 Å². The molecule has 0 N–H and O–H groups in total. The van der Waals surface area contributed by atoms with Crippen LogP contribution in [-0.4, -0.2) is 26.3 Å². The summed E-state index contributed by atoms with van der Waals surface area (Å²) in [5.74, 6) is -2.47. The molecule has 0 aliphatic heterocycles. The summed E-state index contributed by atoms with van der Waals surface area (Å²) in [5.41, 5.74) is -1.05. The first-order valence-corrected chi connectivity index (χ1v) is 9.82. The highest BCUT2D eigenvalue weighted by Gasteiger charge is 2.36. The maximum Gasteiger partial charge on any atom is 0.433 e. The van der Waals surface area contributed by atoms with Crippen LogP contribution in [0.2, 0.25) is 0 Å². The van der Waals surface area contributed by atoms with Crippen molar-refractivity contribution in [2.24, 2.45) is 0 Å². The van der Waals surface area contributed by atoms with Gasteiger partial charge in [0.15, 0.2) is 4.90 Å². The van der Waals surface area contributed by atoms with E-state index in [-0.39, 0.29) is 27.8 Å². The number of nitrogens with zero attached hydrogens (tertiary/aromatic N) is 2. The molecule has 0 saturated carbocycles. The fourth-order valence-electron chi connectivity index (χ4n) is 2.62. The average molecular weight is 466 g/mol. The molecule has 12 heteroatoms. The van der Waals surface area contributed by atoms with Crippen molar-refractivity contribution >= 4 is 11.2 Å². The van der Waals surface area contributed by atoms with Gasteiger partial charge in [0.25, 0.3) is 0 Å². The molecule has 0 aliphatic carbocycles. The maximum atomic E-state index is 14.4. The molecular formula is C19H13F7N2O2S. The van der Waals surface area contributed by atoms with Crippen molar-refractivity contribution in [2.45, 2.75) is 24.2 Å². The predicted octanol–water partition coefficient (Wildman–Crippen LogP) is 5.80. The summed E-state index contributed by atoms with van der Waals surface area (Å²) < 4.78 is 108. The zero-order valence-corrected chi connectivity index (χ0v) is 16.4. The number of hydrogen-bond donors (Lipinski definition) is 0. The highest BCUT2D eigenvalue weighted by molar-refractivity contribution is 7.91. The van der Waals surface area contributed by atoms with Gasteiger partial charge in [-0.3, -0.25) is 0 Å². The highest BCUT2D eigenvalue weighted by atomic mass is 32.2. The Morgan fingerprint density at radius 1 is 1.03 bits per heavy atom. The van der Waals surface area contributed by atoms with Crippen molar-refractivity contribution < 1.29 is 40.0 Å². The Kier molecular flexibility index (Phi) is 6.23. The van der Waals surface area contributed by atoms with Crippen molar-refractivity contribution in [1.29, 1.82) is 0 Å². The predicted molar refractivity (Wildman–Crippen MR) is 97.1 cm³/mol. The second-order valence-electron chi connectivity index (χ2n) is 6.40. The van der Waals surface area contributed by atoms with E-state index in [0.29, 0.717) is 0 Å². The third-order valence-corrected chi connectivity index (χ3v) is 5.52. The van der Waals surface area contributed by atoms with Gasteiger partial charge >= 0.3 is 12.4 Å². The minimum Gasteiger partial charge on any atom is -0.611 e. The van der Waals surface area contributed by atoms with Crippen molar-refractivity contribution in [3.8, 4) is 17.3 Å². The van der Waals surface area contributed by atoms with Crippen LogP contribution in [0.4, 0.5) is 30.7 Å². The monoisotopic (exact) mass is 466 g/mol. The van der Waals surface area contributed by atoms with Crippen LogP contribution >= 0.6 is 0 Å². The molecule has 4 nitrogen and oxygen atoms in total. The van der Waals surface area contributed by atoms with E-state index in [2.05, 4.69) is 5.10 Å². The molecule has 2 aromatic carbocycles. The van der Waals surface area contributed by atoms with Crippen molar-refractivity contribution in [3.05, 3.63) is 65.6 Å². The number of alkyl halides is 6. The minimum absolute atomic E-state index is 0.0367. The molecule has 0 fully saturated rings. The Bertz CT molecular complexity index is 1060. The van der Waals surface area contributed by atoms with Gasteiger partial charge in [-0.15, -0.1) is 5.10 Å². The second-order valence-corrected chi connectivity index (χ2v) is 7.82. The fraction of sp³-hybridized carbons (Fsp3) is 0.211. The molecule has 0 spiro atoms.